The summed E-state index contributed by atoms with van der Waals surface area (Å²) in [5, 5.41) is 2.17. The van der Waals surface area contributed by atoms with E-state index in [4.69, 9.17) is 5.73 Å². The van der Waals surface area contributed by atoms with Crippen LogP contribution in [0.15, 0.2) is 18.2 Å². The lowest BCUT2D eigenvalue weighted by molar-refractivity contribution is -1.03. The maximum absolute atomic E-state index is 13.1. The number of hydrogen-bond donors (Lipinski definition) is 1. The van der Waals surface area contributed by atoms with Crippen LogP contribution in [0.5, 0.6) is 0 Å². The lowest BCUT2D eigenvalue weighted by Gasteiger charge is -2.45. The van der Waals surface area contributed by atoms with Crippen molar-refractivity contribution in [3.63, 3.8) is 0 Å². The van der Waals surface area contributed by atoms with Gasteiger partial charge in [-0.2, -0.15) is 5.01 Å². The van der Waals surface area contributed by atoms with Gasteiger partial charge in [0.15, 0.2) is 5.54 Å². The van der Waals surface area contributed by atoms with E-state index >= 15 is 0 Å². The Morgan fingerprint density at radius 3 is 2.34 bits per heavy atom. The van der Waals surface area contributed by atoms with E-state index in [1.54, 1.807) is 11.8 Å². The Morgan fingerprint density at radius 1 is 1.12 bits per heavy atom. The molecule has 4 rings (SSSR count). The Morgan fingerprint density at radius 2 is 1.78 bits per heavy atom. The standard InChI is InChI=1S/C24H35N5O3/c1-15-12-27(22(31)17-7-8-17)21-11-18(9-10-20(21)28(15)16(2)30)19-13-26(5)29(6,14-19)24(3,4)23(25)32/h9-11,15,17,19H,7-8,12-14H2,1-6H3,(H-,25,32)/p+1/t15-,19?,29?/m0/s1. The number of benzene rings is 1. The number of fused-ring (bicyclic) bond motifs is 1. The lowest BCUT2D eigenvalue weighted by Crippen LogP contribution is -2.68. The molecular formula is C24H36N5O3+. The Kier molecular flexibility index (Phi) is 5.37. The Bertz CT molecular complexity index is 972. The molecule has 1 aromatic carbocycles. The van der Waals surface area contributed by atoms with E-state index in [2.05, 4.69) is 17.1 Å². The lowest BCUT2D eigenvalue weighted by atomic mass is 9.94. The van der Waals surface area contributed by atoms with E-state index in [0.29, 0.717) is 11.1 Å². The normalized spacial score (nSPS) is 28.6. The van der Waals surface area contributed by atoms with Gasteiger partial charge in [-0.15, -0.1) is 0 Å². The Labute approximate surface area is 190 Å². The number of rotatable bonds is 4. The minimum atomic E-state index is -0.744. The van der Waals surface area contributed by atoms with Gasteiger partial charge >= 0.3 is 0 Å². The van der Waals surface area contributed by atoms with Gasteiger partial charge in [0.05, 0.1) is 36.9 Å². The molecule has 0 bridgehead atoms. The van der Waals surface area contributed by atoms with E-state index in [0.717, 1.165) is 42.9 Å². The predicted molar refractivity (Wildman–Crippen MR) is 124 cm³/mol. The second-order valence-corrected chi connectivity index (χ2v) is 10.5. The molecule has 1 aliphatic carbocycles. The maximum atomic E-state index is 13.1. The Balaban J connectivity index is 1.72. The van der Waals surface area contributed by atoms with E-state index in [-0.39, 0.29) is 35.6 Å². The van der Waals surface area contributed by atoms with Gasteiger partial charge in [0.1, 0.15) is 6.54 Å². The summed E-state index contributed by atoms with van der Waals surface area (Å²) in [7, 11) is 4.07. The van der Waals surface area contributed by atoms with Gasteiger partial charge in [-0.05, 0) is 37.5 Å². The average molecular weight is 443 g/mol. The van der Waals surface area contributed by atoms with Crippen molar-refractivity contribution in [1.82, 2.24) is 5.01 Å². The van der Waals surface area contributed by atoms with Crippen molar-refractivity contribution in [2.45, 2.75) is 58.0 Å². The molecule has 2 unspecified atom stereocenters. The molecule has 3 atom stereocenters. The number of nitrogens with two attached hydrogens (primary N) is 1. The number of nitrogens with zero attached hydrogens (tertiary/aromatic N) is 4. The highest BCUT2D eigenvalue weighted by atomic mass is 16.2. The predicted octanol–water partition coefficient (Wildman–Crippen LogP) is 1.84. The average Bonchev–Trinajstić information content (AvgIpc) is 3.51. The number of quaternary nitrogens is 1. The molecule has 0 aromatic heterocycles. The molecule has 0 spiro atoms. The summed E-state index contributed by atoms with van der Waals surface area (Å²) in [6, 6.07) is 6.07. The van der Waals surface area contributed by atoms with Crippen molar-refractivity contribution < 1.29 is 19.0 Å². The number of anilines is 2. The monoisotopic (exact) mass is 442 g/mol. The van der Waals surface area contributed by atoms with Crippen LogP contribution in [0.3, 0.4) is 0 Å². The summed E-state index contributed by atoms with van der Waals surface area (Å²) in [4.78, 5) is 41.4. The smallest absolute Gasteiger partial charge is 0.280 e. The van der Waals surface area contributed by atoms with Crippen molar-refractivity contribution in [2.24, 2.45) is 11.7 Å². The number of carbonyl (C=O) groups is 3. The number of amides is 3. The topological polar surface area (TPSA) is 87.0 Å². The zero-order chi connectivity index (χ0) is 23.6. The zero-order valence-corrected chi connectivity index (χ0v) is 20.1. The van der Waals surface area contributed by atoms with Crippen molar-refractivity contribution in [1.29, 1.82) is 0 Å². The van der Waals surface area contributed by atoms with Crippen LogP contribution in [0, 0.1) is 5.92 Å². The van der Waals surface area contributed by atoms with Gasteiger partial charge in [-0.3, -0.25) is 14.4 Å². The third-order valence-corrected chi connectivity index (χ3v) is 8.06. The molecular weight excluding hydrogens is 406 g/mol. The first-order valence-corrected chi connectivity index (χ1v) is 11.5. The number of hydrogen-bond acceptors (Lipinski definition) is 4. The molecule has 1 aromatic rings. The van der Waals surface area contributed by atoms with Gasteiger partial charge in [-0.25, -0.2) is 4.59 Å². The fourth-order valence-electron chi connectivity index (χ4n) is 5.36. The van der Waals surface area contributed by atoms with Crippen molar-refractivity contribution >= 4 is 29.1 Å². The van der Waals surface area contributed by atoms with Crippen LogP contribution in [-0.4, -0.2) is 72.6 Å². The first-order valence-electron chi connectivity index (χ1n) is 11.5. The highest BCUT2D eigenvalue weighted by Gasteiger charge is 2.54. The van der Waals surface area contributed by atoms with Gasteiger partial charge in [0.2, 0.25) is 11.8 Å². The second-order valence-electron chi connectivity index (χ2n) is 10.5. The summed E-state index contributed by atoms with van der Waals surface area (Å²) in [6.45, 7) is 9.37. The summed E-state index contributed by atoms with van der Waals surface area (Å²) in [6.07, 6.45) is 1.89. The first kappa shape index (κ1) is 22.7. The summed E-state index contributed by atoms with van der Waals surface area (Å²) < 4.78 is 0.422. The van der Waals surface area contributed by atoms with Crippen LogP contribution in [0.25, 0.3) is 0 Å². The van der Waals surface area contributed by atoms with Crippen LogP contribution in [-0.2, 0) is 14.4 Å². The van der Waals surface area contributed by atoms with E-state index < -0.39 is 5.54 Å². The highest BCUT2D eigenvalue weighted by molar-refractivity contribution is 6.05. The summed E-state index contributed by atoms with van der Waals surface area (Å²) in [5.74, 6) is 0.106. The van der Waals surface area contributed by atoms with Crippen LogP contribution in [0.2, 0.25) is 0 Å². The molecule has 8 heteroatoms. The molecule has 1 saturated carbocycles. The largest absolute Gasteiger partial charge is 0.364 e. The molecule has 2 N–H and O–H groups in total. The highest BCUT2D eigenvalue weighted by Crippen LogP contribution is 2.43. The third-order valence-electron chi connectivity index (χ3n) is 8.06. The third kappa shape index (κ3) is 3.40. The minimum absolute atomic E-state index is 0.0157. The SMILES string of the molecule is CC(=O)N1c2ccc(C3CN(C)[N+](C)(C(C)(C)C(N)=O)C3)cc2N(C(=O)C2CC2)C[C@@H]1C. The van der Waals surface area contributed by atoms with E-state index in [9.17, 15) is 14.4 Å². The molecule has 1 saturated heterocycles. The van der Waals surface area contributed by atoms with Crippen LogP contribution < -0.4 is 15.5 Å². The molecule has 174 valence electrons. The van der Waals surface area contributed by atoms with Crippen molar-refractivity contribution in [3.8, 4) is 0 Å². The van der Waals surface area contributed by atoms with Gasteiger partial charge in [0.25, 0.3) is 5.91 Å². The Hall–Kier alpha value is -2.45. The number of likely N-dealkylation sites (N-methyl/N-ethyl adjacent to an activating group) is 2. The van der Waals surface area contributed by atoms with Crippen molar-refractivity contribution in [3.05, 3.63) is 23.8 Å². The number of primary amides is 1. The minimum Gasteiger partial charge on any atom is -0.364 e. The fourth-order valence-corrected chi connectivity index (χ4v) is 5.36. The van der Waals surface area contributed by atoms with Crippen LogP contribution in [0.1, 0.15) is 52.0 Å². The van der Waals surface area contributed by atoms with Crippen molar-refractivity contribution in [2.75, 3.05) is 43.5 Å². The molecule has 0 radical (unpaired) electrons. The molecule has 3 amide bonds. The van der Waals surface area contributed by atoms with Gasteiger partial charge in [0, 0.05) is 40.3 Å². The maximum Gasteiger partial charge on any atom is 0.280 e. The molecule has 2 heterocycles. The van der Waals surface area contributed by atoms with Crippen LogP contribution in [0.4, 0.5) is 11.4 Å². The summed E-state index contributed by atoms with van der Waals surface area (Å²) in [5.41, 5.74) is 7.75. The second kappa shape index (κ2) is 7.56. The van der Waals surface area contributed by atoms with E-state index in [1.165, 1.54) is 0 Å². The molecule has 2 fully saturated rings. The molecule has 3 aliphatic rings. The zero-order valence-electron chi connectivity index (χ0n) is 20.1. The number of carbonyl (C=O) groups excluding carboxylic acids is 3. The quantitative estimate of drug-likeness (QED) is 0.721. The van der Waals surface area contributed by atoms with Gasteiger partial charge < -0.3 is 15.5 Å². The van der Waals surface area contributed by atoms with E-state index in [1.807, 2.05) is 45.8 Å². The molecule has 8 nitrogen and oxygen atoms in total. The molecule has 2 aliphatic heterocycles. The van der Waals surface area contributed by atoms with Gasteiger partial charge in [-0.1, -0.05) is 6.07 Å². The molecule has 32 heavy (non-hydrogen) atoms. The summed E-state index contributed by atoms with van der Waals surface area (Å²) >= 11 is 0. The fraction of sp³-hybridized carbons (Fsp3) is 0.625. The van der Waals surface area contributed by atoms with Crippen LogP contribution >= 0.6 is 0 Å². The first-order chi connectivity index (χ1) is 14.9.